The van der Waals surface area contributed by atoms with Gasteiger partial charge in [-0.25, -0.2) is 0 Å². The molecule has 10 radical (unpaired) electrons. The number of methoxy groups -OCH3 is 2. The molecule has 0 aromatic heterocycles. The van der Waals surface area contributed by atoms with E-state index in [1.54, 1.807) is 14.2 Å². The van der Waals surface area contributed by atoms with Gasteiger partial charge in [0.05, 0.1) is 13.2 Å². The van der Waals surface area contributed by atoms with Crippen molar-refractivity contribution in [3.05, 3.63) is 63.7 Å². The van der Waals surface area contributed by atoms with Crippen LogP contribution in [-0.4, -0.2) is 45.9 Å². The fourth-order valence-corrected chi connectivity index (χ4v) is 2.17. The molecule has 1 aliphatic heterocycles. The van der Waals surface area contributed by atoms with Crippen LogP contribution in [0.2, 0.25) is 0 Å². The Labute approximate surface area is 146 Å². The fourth-order valence-electron chi connectivity index (χ4n) is 2.17. The molecule has 5 heteroatoms. The summed E-state index contributed by atoms with van der Waals surface area (Å²) in [7, 11) is 3.31. The fraction of sp³-hybridized carbons (Fsp3) is 0.412. The van der Waals surface area contributed by atoms with Crippen LogP contribution in [0.5, 0.6) is 0 Å². The molecule has 0 N–H and O–H groups in total. The van der Waals surface area contributed by atoms with Crippen molar-refractivity contribution in [2.75, 3.05) is 27.4 Å². The Morgan fingerprint density at radius 1 is 0.773 bits per heavy atom. The van der Waals surface area contributed by atoms with E-state index in [-0.39, 0.29) is 35.6 Å². The van der Waals surface area contributed by atoms with E-state index in [2.05, 4.69) is 0 Å². The van der Waals surface area contributed by atoms with Gasteiger partial charge in [0.2, 0.25) is 0 Å². The Morgan fingerprint density at radius 3 is 1.55 bits per heavy atom. The number of rotatable bonds is 5. The van der Waals surface area contributed by atoms with Gasteiger partial charge in [-0.05, 0) is 57.8 Å². The van der Waals surface area contributed by atoms with Gasteiger partial charge in [0.25, 0.3) is 0 Å². The van der Waals surface area contributed by atoms with Crippen LogP contribution in [0, 0.1) is 63.7 Å². The van der Waals surface area contributed by atoms with Gasteiger partial charge in [-0.2, -0.15) is 0 Å². The van der Waals surface area contributed by atoms with E-state index in [0.717, 1.165) is 5.92 Å². The molecule has 3 rings (SSSR count). The molecule has 1 heterocycles. The van der Waals surface area contributed by atoms with Gasteiger partial charge in [0, 0.05) is 20.1 Å². The Hall–Kier alpha value is 0.359. The molecular formula is C17H22FeO4+2. The number of ether oxygens (including phenoxy) is 4. The molecule has 0 bridgehead atoms. The van der Waals surface area contributed by atoms with Crippen molar-refractivity contribution in [1.29, 1.82) is 0 Å². The molecule has 0 spiro atoms. The van der Waals surface area contributed by atoms with Crippen LogP contribution in [0.1, 0.15) is 0 Å². The maximum absolute atomic E-state index is 5.78. The van der Waals surface area contributed by atoms with Crippen molar-refractivity contribution in [1.82, 2.24) is 0 Å². The third kappa shape index (κ3) is 6.46. The second-order valence-corrected chi connectivity index (χ2v) is 4.77. The van der Waals surface area contributed by atoms with Gasteiger partial charge >= 0.3 is 17.1 Å². The predicted molar refractivity (Wildman–Crippen MR) is 79.2 cm³/mol. The van der Waals surface area contributed by atoms with Crippen molar-refractivity contribution >= 4 is 0 Å². The molecule has 0 aromatic carbocycles. The Balaban J connectivity index is 0.000000344. The molecule has 120 valence electrons. The zero-order chi connectivity index (χ0) is 14.9. The normalized spacial score (nSPS) is 29.2. The largest absolute Gasteiger partial charge is 2.00 e. The van der Waals surface area contributed by atoms with Crippen molar-refractivity contribution < 1.29 is 36.0 Å². The van der Waals surface area contributed by atoms with Crippen LogP contribution in [-0.2, 0) is 36.0 Å². The van der Waals surface area contributed by atoms with Crippen LogP contribution in [0.4, 0.5) is 0 Å². The summed E-state index contributed by atoms with van der Waals surface area (Å²) in [6, 6.07) is 0. The average Bonchev–Trinajstić information content (AvgIpc) is 3.24. The van der Waals surface area contributed by atoms with Crippen LogP contribution in [0.25, 0.3) is 0 Å². The molecule has 0 aromatic rings. The minimum atomic E-state index is -0.296. The van der Waals surface area contributed by atoms with E-state index in [9.17, 15) is 0 Å². The maximum atomic E-state index is 5.78. The molecule has 22 heavy (non-hydrogen) atoms. The maximum Gasteiger partial charge on any atom is 2.00 e. The first-order chi connectivity index (χ1) is 10.3. The van der Waals surface area contributed by atoms with Gasteiger partial charge in [-0.1, -0.05) is 0 Å². The molecule has 2 aliphatic carbocycles. The van der Waals surface area contributed by atoms with Gasteiger partial charge in [0.15, 0.2) is 6.29 Å². The topological polar surface area (TPSA) is 36.9 Å². The minimum absolute atomic E-state index is 0. The Kier molecular flexibility index (Phi) is 11.0. The van der Waals surface area contributed by atoms with Crippen molar-refractivity contribution in [3.63, 3.8) is 0 Å². The van der Waals surface area contributed by atoms with E-state index < -0.39 is 0 Å². The number of hydrogen-bond acceptors (Lipinski definition) is 4. The van der Waals surface area contributed by atoms with Crippen LogP contribution >= 0.6 is 0 Å². The van der Waals surface area contributed by atoms with Crippen LogP contribution in [0.3, 0.4) is 0 Å². The molecule has 2 saturated carbocycles. The van der Waals surface area contributed by atoms with E-state index in [1.807, 2.05) is 57.8 Å². The van der Waals surface area contributed by atoms with Gasteiger partial charge < -0.3 is 18.9 Å². The summed E-state index contributed by atoms with van der Waals surface area (Å²) in [6.45, 7) is 1.04. The van der Waals surface area contributed by atoms with E-state index in [0.29, 0.717) is 13.2 Å². The van der Waals surface area contributed by atoms with Gasteiger partial charge in [-0.3, -0.25) is 0 Å². The average molecular weight is 346 g/mol. The summed E-state index contributed by atoms with van der Waals surface area (Å²) in [6.07, 6.45) is 17.5. The van der Waals surface area contributed by atoms with E-state index in [1.165, 1.54) is 0 Å². The standard InChI is InChI=1S/C12H17O4.C5H5.Fe/c1-13-7-10-11(8-14-2)16-12(15-10)9-5-3-4-6-9;1-2-4-5-3-1;/h3-6,10-12H,7-8H2,1-2H3;1-5H;/q;;+2/t10-,11-;;/m0../s1. The molecule has 0 amide bonds. The summed E-state index contributed by atoms with van der Waals surface area (Å²) in [5.74, 6) is 1.04. The summed E-state index contributed by atoms with van der Waals surface area (Å²) in [4.78, 5) is 0. The summed E-state index contributed by atoms with van der Waals surface area (Å²) >= 11 is 0. The second-order valence-electron chi connectivity index (χ2n) is 4.77. The first-order valence-electron chi connectivity index (χ1n) is 7.02. The molecule has 2 atom stereocenters. The smallest absolute Gasteiger partial charge is 0.382 e. The van der Waals surface area contributed by atoms with Gasteiger partial charge in [-0.15, -0.1) is 0 Å². The quantitative estimate of drug-likeness (QED) is 0.712. The van der Waals surface area contributed by atoms with E-state index in [4.69, 9.17) is 18.9 Å². The first kappa shape index (κ1) is 20.4. The third-order valence-corrected chi connectivity index (χ3v) is 3.19. The molecule has 3 aliphatic rings. The van der Waals surface area contributed by atoms with Crippen molar-refractivity contribution in [2.45, 2.75) is 18.5 Å². The molecule has 3 fully saturated rings. The predicted octanol–water partition coefficient (Wildman–Crippen LogP) is 1.81. The number of hydrogen-bond donors (Lipinski definition) is 0. The monoisotopic (exact) mass is 346 g/mol. The SMILES string of the molecule is COC[C@@H]1OC([C]2[CH][CH][CH][CH]2)O[C@H]1COC.[CH]1[CH][CH][CH][CH]1.[Fe+2]. The zero-order valence-corrected chi connectivity index (χ0v) is 13.9. The van der Waals surface area contributed by atoms with Gasteiger partial charge in [0.1, 0.15) is 12.2 Å². The molecule has 4 nitrogen and oxygen atoms in total. The minimum Gasteiger partial charge on any atom is -0.382 e. The van der Waals surface area contributed by atoms with Crippen molar-refractivity contribution in [2.24, 2.45) is 0 Å². The van der Waals surface area contributed by atoms with E-state index >= 15 is 0 Å². The Morgan fingerprint density at radius 2 is 1.18 bits per heavy atom. The summed E-state index contributed by atoms with van der Waals surface area (Å²) < 4.78 is 21.8. The van der Waals surface area contributed by atoms with Crippen LogP contribution < -0.4 is 0 Å². The zero-order valence-electron chi connectivity index (χ0n) is 12.8. The molecular weight excluding hydrogens is 324 g/mol. The molecule has 0 unspecified atom stereocenters. The molecule has 1 saturated heterocycles. The van der Waals surface area contributed by atoms with Crippen molar-refractivity contribution in [3.8, 4) is 0 Å². The first-order valence-corrected chi connectivity index (χ1v) is 7.02. The summed E-state index contributed by atoms with van der Waals surface area (Å²) in [5.41, 5.74) is 0. The third-order valence-electron chi connectivity index (χ3n) is 3.19. The van der Waals surface area contributed by atoms with Crippen LogP contribution in [0.15, 0.2) is 0 Å². The Bertz CT molecular complexity index is 246. The second kappa shape index (κ2) is 11.8. The summed E-state index contributed by atoms with van der Waals surface area (Å²) in [5, 5.41) is 0.